The van der Waals surface area contributed by atoms with Gasteiger partial charge in [-0.25, -0.2) is 4.98 Å². The lowest BCUT2D eigenvalue weighted by Crippen LogP contribution is -1.91. The molecule has 0 bridgehead atoms. The summed E-state index contributed by atoms with van der Waals surface area (Å²) in [6, 6.07) is 13.8. The number of phenolic OH excluding ortho intramolecular Hbond substituents is 1. The largest absolute Gasteiger partial charge is 0.508 e. The first kappa shape index (κ1) is 13.3. The summed E-state index contributed by atoms with van der Waals surface area (Å²) in [6.07, 6.45) is 1.95. The molecular formula is C18H16N2OS. The second-order valence-corrected chi connectivity index (χ2v) is 6.79. The molecule has 0 saturated heterocycles. The highest BCUT2D eigenvalue weighted by Gasteiger charge is 2.15. The van der Waals surface area contributed by atoms with E-state index in [4.69, 9.17) is 0 Å². The third-order valence-electron chi connectivity index (χ3n) is 3.93. The van der Waals surface area contributed by atoms with Crippen molar-refractivity contribution in [3.63, 3.8) is 0 Å². The molecule has 22 heavy (non-hydrogen) atoms. The van der Waals surface area contributed by atoms with E-state index >= 15 is 0 Å². The van der Waals surface area contributed by atoms with Crippen LogP contribution in [0.5, 0.6) is 5.75 Å². The number of para-hydroxylation sites is 1. The number of rotatable bonds is 2. The summed E-state index contributed by atoms with van der Waals surface area (Å²) < 4.78 is 2.14. The van der Waals surface area contributed by atoms with Crippen molar-refractivity contribution < 1.29 is 5.11 Å². The van der Waals surface area contributed by atoms with Crippen LogP contribution in [0.15, 0.2) is 48.7 Å². The molecule has 0 aliphatic rings. The van der Waals surface area contributed by atoms with Crippen LogP contribution in [0.4, 0.5) is 0 Å². The Bertz CT molecular complexity index is 981. The van der Waals surface area contributed by atoms with E-state index in [1.165, 1.54) is 10.3 Å². The van der Waals surface area contributed by atoms with Gasteiger partial charge in [-0.3, -0.25) is 4.57 Å². The predicted octanol–water partition coefficient (Wildman–Crippen LogP) is 5.07. The molecule has 4 heteroatoms. The first-order valence-electron chi connectivity index (χ1n) is 7.33. The van der Waals surface area contributed by atoms with Gasteiger partial charge in [0.1, 0.15) is 5.75 Å². The Kier molecular flexibility index (Phi) is 2.94. The van der Waals surface area contributed by atoms with Crippen LogP contribution in [-0.2, 0) is 0 Å². The highest BCUT2D eigenvalue weighted by molar-refractivity contribution is 7.14. The summed E-state index contributed by atoms with van der Waals surface area (Å²) >= 11 is 1.70. The van der Waals surface area contributed by atoms with Crippen LogP contribution in [0.3, 0.4) is 0 Å². The first-order chi connectivity index (χ1) is 10.6. The van der Waals surface area contributed by atoms with Crippen molar-refractivity contribution in [2.75, 3.05) is 0 Å². The highest BCUT2D eigenvalue weighted by Crippen LogP contribution is 2.35. The van der Waals surface area contributed by atoms with Gasteiger partial charge in [-0.1, -0.05) is 32.0 Å². The number of phenols is 1. The second-order valence-electron chi connectivity index (χ2n) is 5.75. The van der Waals surface area contributed by atoms with Crippen LogP contribution in [-0.4, -0.2) is 14.7 Å². The van der Waals surface area contributed by atoms with E-state index in [-0.39, 0.29) is 5.75 Å². The Balaban J connectivity index is 2.10. The van der Waals surface area contributed by atoms with Gasteiger partial charge in [0, 0.05) is 27.9 Å². The molecule has 0 amide bonds. The predicted molar refractivity (Wildman–Crippen MR) is 92.2 cm³/mol. The van der Waals surface area contributed by atoms with E-state index in [1.54, 1.807) is 17.4 Å². The Morgan fingerprint density at radius 3 is 2.59 bits per heavy atom. The molecule has 0 spiro atoms. The van der Waals surface area contributed by atoms with E-state index in [9.17, 15) is 5.11 Å². The van der Waals surface area contributed by atoms with Gasteiger partial charge in [-0.05, 0) is 24.1 Å². The zero-order valence-electron chi connectivity index (χ0n) is 12.4. The number of benzene rings is 2. The minimum atomic E-state index is 0.275. The molecule has 0 aliphatic carbocycles. The van der Waals surface area contributed by atoms with Crippen LogP contribution in [0.2, 0.25) is 0 Å². The Morgan fingerprint density at radius 2 is 1.82 bits per heavy atom. The minimum Gasteiger partial charge on any atom is -0.508 e. The summed E-state index contributed by atoms with van der Waals surface area (Å²) in [4.78, 5) is 5.87. The molecule has 0 unspecified atom stereocenters. The summed E-state index contributed by atoms with van der Waals surface area (Å²) in [5.41, 5.74) is 2.11. The fraction of sp³-hybridized carbons (Fsp3) is 0.167. The molecular weight excluding hydrogens is 292 g/mol. The molecule has 0 atom stereocenters. The molecule has 1 N–H and O–H groups in total. The Morgan fingerprint density at radius 1 is 1.05 bits per heavy atom. The first-order valence-corrected chi connectivity index (χ1v) is 8.15. The standard InChI is InChI=1S/C18H16N2OS/c1-11(2)17-10-19-18(22-17)20-15-6-4-3-5-13(15)14-8-7-12(21)9-16(14)20/h3-11,21H,1-2H3. The smallest absolute Gasteiger partial charge is 0.194 e. The van der Waals surface area contributed by atoms with Gasteiger partial charge in [0.05, 0.1) is 11.0 Å². The molecule has 2 aromatic carbocycles. The zero-order valence-corrected chi connectivity index (χ0v) is 13.3. The average molecular weight is 308 g/mol. The third-order valence-corrected chi connectivity index (χ3v) is 5.21. The molecule has 0 radical (unpaired) electrons. The quantitative estimate of drug-likeness (QED) is 0.561. The molecule has 4 rings (SSSR count). The number of hydrogen-bond donors (Lipinski definition) is 1. The number of fused-ring (bicyclic) bond motifs is 3. The van der Waals surface area contributed by atoms with Gasteiger partial charge in [-0.15, -0.1) is 11.3 Å². The van der Waals surface area contributed by atoms with Crippen molar-refractivity contribution in [2.24, 2.45) is 0 Å². The van der Waals surface area contributed by atoms with Gasteiger partial charge in [-0.2, -0.15) is 0 Å². The van der Waals surface area contributed by atoms with Crippen molar-refractivity contribution in [2.45, 2.75) is 19.8 Å². The third kappa shape index (κ3) is 1.91. The molecule has 0 saturated carbocycles. The van der Waals surface area contributed by atoms with Gasteiger partial charge in [0.25, 0.3) is 0 Å². The van der Waals surface area contributed by atoms with E-state index in [0.29, 0.717) is 5.92 Å². The second kappa shape index (κ2) is 4.85. The molecule has 2 aromatic heterocycles. The highest BCUT2D eigenvalue weighted by atomic mass is 32.1. The van der Waals surface area contributed by atoms with Gasteiger partial charge in [0.15, 0.2) is 5.13 Å². The molecule has 3 nitrogen and oxygen atoms in total. The number of thiazole rings is 1. The summed E-state index contributed by atoms with van der Waals surface area (Å²) in [5.74, 6) is 0.741. The number of aromatic nitrogens is 2. The van der Waals surface area contributed by atoms with E-state index in [0.717, 1.165) is 21.6 Å². The molecule has 4 aromatic rings. The van der Waals surface area contributed by atoms with Crippen molar-refractivity contribution >= 4 is 33.1 Å². The molecule has 0 fully saturated rings. The Labute approximate surface area is 132 Å². The van der Waals surface area contributed by atoms with Crippen LogP contribution in [0, 0.1) is 0 Å². The van der Waals surface area contributed by atoms with Gasteiger partial charge < -0.3 is 5.11 Å². The van der Waals surface area contributed by atoms with Crippen LogP contribution in [0.25, 0.3) is 26.9 Å². The SMILES string of the molecule is CC(C)c1cnc(-n2c3ccccc3c3ccc(O)cc32)s1. The maximum absolute atomic E-state index is 9.89. The number of hydrogen-bond acceptors (Lipinski definition) is 3. The average Bonchev–Trinajstić information content (AvgIpc) is 3.09. The van der Waals surface area contributed by atoms with Crippen molar-refractivity contribution in [1.82, 2.24) is 9.55 Å². The lowest BCUT2D eigenvalue weighted by molar-refractivity contribution is 0.476. The normalized spacial score (nSPS) is 11.8. The summed E-state index contributed by atoms with van der Waals surface area (Å²) in [7, 11) is 0. The van der Waals surface area contributed by atoms with Crippen molar-refractivity contribution in [1.29, 1.82) is 0 Å². The van der Waals surface area contributed by atoms with Gasteiger partial charge in [0.2, 0.25) is 0 Å². The monoisotopic (exact) mass is 308 g/mol. The van der Waals surface area contributed by atoms with Crippen molar-refractivity contribution in [3.05, 3.63) is 53.5 Å². The molecule has 2 heterocycles. The maximum atomic E-state index is 9.89. The number of nitrogens with zero attached hydrogens (tertiary/aromatic N) is 2. The lowest BCUT2D eigenvalue weighted by Gasteiger charge is -2.03. The van der Waals surface area contributed by atoms with Gasteiger partial charge >= 0.3 is 0 Å². The minimum absolute atomic E-state index is 0.275. The Hall–Kier alpha value is -2.33. The lowest BCUT2D eigenvalue weighted by atomic mass is 10.1. The fourth-order valence-corrected chi connectivity index (χ4v) is 3.76. The van der Waals surface area contributed by atoms with E-state index < -0.39 is 0 Å². The zero-order chi connectivity index (χ0) is 15.3. The topological polar surface area (TPSA) is 38.0 Å². The maximum Gasteiger partial charge on any atom is 0.194 e. The summed E-state index contributed by atoms with van der Waals surface area (Å²) in [6.45, 7) is 4.35. The van der Waals surface area contributed by atoms with Crippen LogP contribution < -0.4 is 0 Å². The van der Waals surface area contributed by atoms with Crippen LogP contribution >= 0.6 is 11.3 Å². The van der Waals surface area contributed by atoms with E-state index in [2.05, 4.69) is 35.5 Å². The number of aromatic hydroxyl groups is 1. The van der Waals surface area contributed by atoms with Crippen LogP contribution in [0.1, 0.15) is 24.6 Å². The molecule has 0 aliphatic heterocycles. The van der Waals surface area contributed by atoms with E-state index in [1.807, 2.05) is 30.5 Å². The summed E-state index contributed by atoms with van der Waals surface area (Å²) in [5, 5.41) is 13.1. The molecule has 110 valence electrons. The fourth-order valence-electron chi connectivity index (χ4n) is 2.81. The van der Waals surface area contributed by atoms with Crippen molar-refractivity contribution in [3.8, 4) is 10.9 Å².